The second-order valence-corrected chi connectivity index (χ2v) is 9.95. The molecule has 5 heteroatoms. The van der Waals surface area contributed by atoms with Gasteiger partial charge in [-0.15, -0.1) is 0 Å². The number of fused-ring (bicyclic) bond motifs is 1. The molecule has 1 saturated heterocycles. The Kier molecular flexibility index (Phi) is 6.57. The van der Waals surface area contributed by atoms with E-state index in [4.69, 9.17) is 4.74 Å². The number of hydrogen-bond donors (Lipinski definition) is 2. The summed E-state index contributed by atoms with van der Waals surface area (Å²) in [5, 5.41) is 14.3. The number of carbonyl (C=O) groups excluding carboxylic acids is 1. The Morgan fingerprint density at radius 1 is 1.03 bits per heavy atom. The summed E-state index contributed by atoms with van der Waals surface area (Å²) in [6, 6.07) is 24.5. The number of aliphatic hydroxyl groups is 1. The number of aromatic nitrogens is 1. The van der Waals surface area contributed by atoms with Crippen LogP contribution in [0.15, 0.2) is 79.0 Å². The van der Waals surface area contributed by atoms with Gasteiger partial charge in [0.15, 0.2) is 0 Å². The quantitative estimate of drug-likeness (QED) is 0.579. The summed E-state index contributed by atoms with van der Waals surface area (Å²) >= 11 is 0. The largest absolute Gasteiger partial charge is 0.393 e. The van der Waals surface area contributed by atoms with E-state index in [1.165, 1.54) is 5.56 Å². The van der Waals surface area contributed by atoms with E-state index in [0.29, 0.717) is 18.7 Å². The van der Waals surface area contributed by atoms with Crippen LogP contribution in [0.5, 0.6) is 0 Å². The summed E-state index contributed by atoms with van der Waals surface area (Å²) in [4.78, 5) is 12.9. The molecule has 2 heterocycles. The highest BCUT2D eigenvalue weighted by Gasteiger charge is 2.44. The Morgan fingerprint density at radius 2 is 1.74 bits per heavy atom. The second-order valence-electron chi connectivity index (χ2n) is 9.95. The van der Waals surface area contributed by atoms with Crippen molar-refractivity contribution in [2.24, 2.45) is 13.0 Å². The van der Waals surface area contributed by atoms with E-state index in [-0.39, 0.29) is 35.6 Å². The lowest BCUT2D eigenvalue weighted by atomic mass is 9.73. The summed E-state index contributed by atoms with van der Waals surface area (Å²) in [6.07, 6.45) is 5.63. The van der Waals surface area contributed by atoms with Crippen LogP contribution >= 0.6 is 0 Å². The summed E-state index contributed by atoms with van der Waals surface area (Å²) < 4.78 is 8.45. The van der Waals surface area contributed by atoms with Crippen molar-refractivity contribution in [2.75, 3.05) is 6.54 Å². The normalized spacial score (nSPS) is 29.1. The molecular weight excluding hydrogens is 424 g/mol. The number of hydrogen-bond acceptors (Lipinski definition) is 3. The third-order valence-corrected chi connectivity index (χ3v) is 7.95. The van der Waals surface area contributed by atoms with Gasteiger partial charge in [0.25, 0.3) is 5.91 Å². The van der Waals surface area contributed by atoms with Crippen LogP contribution in [-0.2, 0) is 17.2 Å². The van der Waals surface area contributed by atoms with Gasteiger partial charge >= 0.3 is 0 Å². The Bertz CT molecular complexity index is 1100. The van der Waals surface area contributed by atoms with Crippen LogP contribution in [0.25, 0.3) is 0 Å². The first-order chi connectivity index (χ1) is 16.6. The first kappa shape index (κ1) is 22.9. The average molecular weight is 459 g/mol. The van der Waals surface area contributed by atoms with Gasteiger partial charge in [-0.3, -0.25) is 4.79 Å². The third-order valence-electron chi connectivity index (χ3n) is 7.95. The van der Waals surface area contributed by atoms with E-state index in [2.05, 4.69) is 41.7 Å². The molecule has 5 atom stereocenters. The van der Waals surface area contributed by atoms with Gasteiger partial charge in [-0.2, -0.15) is 0 Å². The molecule has 1 amide bonds. The number of rotatable bonds is 5. The van der Waals surface area contributed by atoms with Crippen molar-refractivity contribution in [1.82, 2.24) is 9.88 Å². The first-order valence-electron chi connectivity index (χ1n) is 12.4. The van der Waals surface area contributed by atoms with Crippen LogP contribution < -0.4 is 5.32 Å². The van der Waals surface area contributed by atoms with Crippen LogP contribution in [0.2, 0.25) is 0 Å². The molecule has 1 aliphatic heterocycles. The topological polar surface area (TPSA) is 63.5 Å². The number of carbonyl (C=O) groups is 1. The van der Waals surface area contributed by atoms with Crippen molar-refractivity contribution in [1.29, 1.82) is 0 Å². The van der Waals surface area contributed by atoms with Gasteiger partial charge in [-0.1, -0.05) is 60.7 Å². The molecule has 1 aliphatic carbocycles. The van der Waals surface area contributed by atoms with Crippen LogP contribution in [-0.4, -0.2) is 34.3 Å². The van der Waals surface area contributed by atoms with Gasteiger partial charge in [-0.25, -0.2) is 0 Å². The minimum absolute atomic E-state index is 0.0168. The SMILES string of the molecule is Cn1cccc1C(=O)NC[C@]1(c2ccccc2)CC[C@H]2[C@H](CC1)O[C@H](c1ccccc1)C[C@@H]2O. The van der Waals surface area contributed by atoms with Gasteiger partial charge < -0.3 is 19.7 Å². The molecule has 3 aromatic rings. The second kappa shape index (κ2) is 9.77. The maximum Gasteiger partial charge on any atom is 0.267 e. The molecule has 0 unspecified atom stereocenters. The number of ether oxygens (including phenoxy) is 1. The molecule has 2 aromatic carbocycles. The van der Waals surface area contributed by atoms with Gasteiger partial charge in [0, 0.05) is 37.5 Å². The standard InChI is InChI=1S/C29H34N2O3/c1-31-18-8-13-24(31)28(33)30-20-29(22-11-6-3-7-12-22)16-14-23-25(32)19-27(34-26(23)15-17-29)21-9-4-2-5-10-21/h2-13,18,23,25-27,32H,14-17,19-20H2,1H3,(H,30,33)/t23-,25+,26+,27+,29+/m1/s1. The van der Waals surface area contributed by atoms with Crippen molar-refractivity contribution in [3.05, 3.63) is 95.8 Å². The lowest BCUT2D eigenvalue weighted by Gasteiger charge is -2.39. The van der Waals surface area contributed by atoms with Gasteiger partial charge in [0.1, 0.15) is 5.69 Å². The molecule has 2 N–H and O–H groups in total. The number of aryl methyl sites for hydroxylation is 1. The van der Waals surface area contributed by atoms with Crippen LogP contribution in [0.3, 0.4) is 0 Å². The Balaban J connectivity index is 1.37. The van der Waals surface area contributed by atoms with Crippen molar-refractivity contribution >= 4 is 5.91 Å². The number of nitrogens with one attached hydrogen (secondary N) is 1. The molecule has 0 bridgehead atoms. The molecule has 2 fully saturated rings. The van der Waals surface area contributed by atoms with E-state index < -0.39 is 0 Å². The zero-order valence-electron chi connectivity index (χ0n) is 19.8. The minimum atomic E-state index is -0.381. The minimum Gasteiger partial charge on any atom is -0.393 e. The predicted octanol–water partition coefficient (Wildman–Crippen LogP) is 4.77. The molecule has 178 valence electrons. The molecule has 0 radical (unpaired) electrons. The van der Waals surface area contributed by atoms with Crippen molar-refractivity contribution < 1.29 is 14.6 Å². The zero-order valence-corrected chi connectivity index (χ0v) is 19.8. The fraction of sp³-hybridized carbons (Fsp3) is 0.414. The number of aliphatic hydroxyl groups excluding tert-OH is 1. The van der Waals surface area contributed by atoms with Crippen molar-refractivity contribution in [3.8, 4) is 0 Å². The lowest BCUT2D eigenvalue weighted by molar-refractivity contribution is -0.139. The van der Waals surface area contributed by atoms with Crippen LogP contribution in [0.1, 0.15) is 59.8 Å². The van der Waals surface area contributed by atoms with E-state index in [0.717, 1.165) is 31.2 Å². The molecule has 1 saturated carbocycles. The molecule has 1 aromatic heterocycles. The summed E-state index contributed by atoms with van der Waals surface area (Å²) in [5.41, 5.74) is 2.85. The van der Waals surface area contributed by atoms with Crippen LogP contribution in [0, 0.1) is 5.92 Å². The van der Waals surface area contributed by atoms with E-state index in [9.17, 15) is 9.90 Å². The number of benzene rings is 2. The Labute approximate surface area is 201 Å². The smallest absolute Gasteiger partial charge is 0.267 e. The molecular formula is C29H34N2O3. The Hall–Kier alpha value is -2.89. The number of amides is 1. The van der Waals surface area contributed by atoms with Gasteiger partial charge in [0.2, 0.25) is 0 Å². The zero-order chi connectivity index (χ0) is 23.5. The first-order valence-corrected chi connectivity index (χ1v) is 12.4. The highest BCUT2D eigenvalue weighted by molar-refractivity contribution is 5.92. The number of nitrogens with zero attached hydrogens (tertiary/aromatic N) is 1. The lowest BCUT2D eigenvalue weighted by Crippen LogP contribution is -2.41. The van der Waals surface area contributed by atoms with E-state index >= 15 is 0 Å². The van der Waals surface area contributed by atoms with Crippen molar-refractivity contribution in [3.63, 3.8) is 0 Å². The van der Waals surface area contributed by atoms with E-state index in [1.54, 1.807) is 0 Å². The van der Waals surface area contributed by atoms with Crippen molar-refractivity contribution in [2.45, 2.75) is 55.8 Å². The third kappa shape index (κ3) is 4.55. The predicted molar refractivity (Wildman–Crippen MR) is 133 cm³/mol. The fourth-order valence-corrected chi connectivity index (χ4v) is 5.93. The highest BCUT2D eigenvalue weighted by Crippen LogP contribution is 2.46. The maximum absolute atomic E-state index is 12.9. The molecule has 0 spiro atoms. The van der Waals surface area contributed by atoms with Crippen LogP contribution in [0.4, 0.5) is 0 Å². The highest BCUT2D eigenvalue weighted by atomic mass is 16.5. The molecule has 5 rings (SSSR count). The molecule has 34 heavy (non-hydrogen) atoms. The Morgan fingerprint density at radius 3 is 2.44 bits per heavy atom. The van der Waals surface area contributed by atoms with Gasteiger partial charge in [0.05, 0.1) is 18.3 Å². The summed E-state index contributed by atoms with van der Waals surface area (Å²) in [6.45, 7) is 0.568. The molecule has 5 nitrogen and oxygen atoms in total. The monoisotopic (exact) mass is 458 g/mol. The summed E-state index contributed by atoms with van der Waals surface area (Å²) in [5.74, 6) is 0.0685. The summed E-state index contributed by atoms with van der Waals surface area (Å²) in [7, 11) is 1.89. The van der Waals surface area contributed by atoms with Gasteiger partial charge in [-0.05, 0) is 48.9 Å². The van der Waals surface area contributed by atoms with E-state index in [1.807, 2.05) is 54.2 Å². The maximum atomic E-state index is 12.9. The molecule has 2 aliphatic rings. The fourth-order valence-electron chi connectivity index (χ4n) is 5.93. The average Bonchev–Trinajstić information content (AvgIpc) is 3.21.